The van der Waals surface area contributed by atoms with Gasteiger partial charge < -0.3 is 4.90 Å². The standard InChI is InChI=1S/C10H13F3N4O4/c11-10(12,13)3-7(18)14-15-8(19)6-2-1-5-4-16(6)9(20)17(5)21/h5-6,21H,1-4H2,(H,14,18)(H,15,19). The Balaban J connectivity index is 1.87. The van der Waals surface area contributed by atoms with Crippen LogP contribution in [0.4, 0.5) is 18.0 Å². The first-order valence-electron chi connectivity index (χ1n) is 6.13. The highest BCUT2D eigenvalue weighted by molar-refractivity contribution is 5.89. The summed E-state index contributed by atoms with van der Waals surface area (Å²) in [6, 6.07) is -2.06. The average Bonchev–Trinajstić information content (AvgIpc) is 2.60. The number of nitrogens with one attached hydrogen (secondary N) is 2. The molecule has 2 bridgehead atoms. The van der Waals surface area contributed by atoms with Crippen LogP contribution in [0.3, 0.4) is 0 Å². The second-order valence-corrected chi connectivity index (χ2v) is 4.86. The molecule has 2 heterocycles. The number of piperidine rings is 1. The van der Waals surface area contributed by atoms with Gasteiger partial charge in [-0.3, -0.25) is 25.6 Å². The Morgan fingerprint density at radius 2 is 1.95 bits per heavy atom. The number of nitrogens with zero attached hydrogens (tertiary/aromatic N) is 2. The maximum atomic E-state index is 11.9. The van der Waals surface area contributed by atoms with Crippen molar-refractivity contribution in [2.24, 2.45) is 0 Å². The van der Waals surface area contributed by atoms with E-state index in [0.717, 1.165) is 4.90 Å². The summed E-state index contributed by atoms with van der Waals surface area (Å²) in [4.78, 5) is 35.5. The molecule has 2 saturated heterocycles. The van der Waals surface area contributed by atoms with Gasteiger partial charge in [0.15, 0.2) is 0 Å². The first kappa shape index (κ1) is 15.4. The summed E-state index contributed by atoms with van der Waals surface area (Å²) in [5.74, 6) is -2.20. The highest BCUT2D eigenvalue weighted by Crippen LogP contribution is 2.28. The first-order chi connectivity index (χ1) is 9.69. The molecule has 3 N–H and O–H groups in total. The lowest BCUT2D eigenvalue weighted by Crippen LogP contribution is -2.54. The van der Waals surface area contributed by atoms with Crippen LogP contribution in [0.25, 0.3) is 0 Å². The maximum absolute atomic E-state index is 11.9. The van der Waals surface area contributed by atoms with Gasteiger partial charge in [0, 0.05) is 6.54 Å². The fourth-order valence-corrected chi connectivity index (χ4v) is 2.36. The molecular weight excluding hydrogens is 297 g/mol. The first-order valence-corrected chi connectivity index (χ1v) is 6.13. The molecule has 0 aromatic heterocycles. The molecule has 2 atom stereocenters. The zero-order valence-electron chi connectivity index (χ0n) is 10.7. The van der Waals surface area contributed by atoms with Crippen LogP contribution in [0, 0.1) is 0 Å². The number of halogens is 3. The molecule has 0 aliphatic carbocycles. The van der Waals surface area contributed by atoms with Crippen LogP contribution in [0.2, 0.25) is 0 Å². The number of hydrogen-bond acceptors (Lipinski definition) is 4. The summed E-state index contributed by atoms with van der Waals surface area (Å²) >= 11 is 0. The summed E-state index contributed by atoms with van der Waals surface area (Å²) in [6.45, 7) is 0.157. The maximum Gasteiger partial charge on any atom is 0.397 e. The fraction of sp³-hybridized carbons (Fsp3) is 0.700. The number of amides is 4. The topological polar surface area (TPSA) is 102 Å². The number of hydroxylamine groups is 2. The molecule has 4 amide bonds. The van der Waals surface area contributed by atoms with Crippen molar-refractivity contribution in [2.45, 2.75) is 37.5 Å². The Kier molecular flexibility index (Phi) is 3.94. The SMILES string of the molecule is O=C(CC(F)(F)F)NNC(=O)C1CCC2CN1C(=O)N2O. The lowest BCUT2D eigenvalue weighted by atomic mass is 10.0. The number of hydrazine groups is 1. The number of alkyl halides is 3. The van der Waals surface area contributed by atoms with Crippen LogP contribution in [-0.4, -0.2) is 57.8 Å². The Morgan fingerprint density at radius 3 is 2.57 bits per heavy atom. The summed E-state index contributed by atoms with van der Waals surface area (Å²) in [5, 5.41) is 9.97. The fourth-order valence-electron chi connectivity index (χ4n) is 2.36. The van der Waals surface area contributed by atoms with Crippen LogP contribution >= 0.6 is 0 Å². The third-order valence-electron chi connectivity index (χ3n) is 3.33. The van der Waals surface area contributed by atoms with Gasteiger partial charge in [0.1, 0.15) is 12.5 Å². The van der Waals surface area contributed by atoms with Gasteiger partial charge in [-0.15, -0.1) is 0 Å². The molecule has 118 valence electrons. The smallest absolute Gasteiger partial charge is 0.309 e. The Labute approximate surface area is 116 Å². The summed E-state index contributed by atoms with van der Waals surface area (Å²) in [6.07, 6.45) is -5.76. The molecule has 2 aliphatic rings. The van der Waals surface area contributed by atoms with Gasteiger partial charge in [0.05, 0.1) is 6.04 Å². The van der Waals surface area contributed by atoms with E-state index in [-0.39, 0.29) is 19.0 Å². The van der Waals surface area contributed by atoms with Gasteiger partial charge in [0.2, 0.25) is 5.91 Å². The molecule has 11 heteroatoms. The van der Waals surface area contributed by atoms with Crippen molar-refractivity contribution in [3.63, 3.8) is 0 Å². The molecule has 2 unspecified atom stereocenters. The summed E-state index contributed by atoms with van der Waals surface area (Å²) in [7, 11) is 0. The van der Waals surface area contributed by atoms with E-state index >= 15 is 0 Å². The largest absolute Gasteiger partial charge is 0.397 e. The molecular formula is C10H13F3N4O4. The van der Waals surface area contributed by atoms with Gasteiger partial charge in [-0.1, -0.05) is 0 Å². The minimum atomic E-state index is -4.67. The number of hydrogen-bond donors (Lipinski definition) is 3. The van der Waals surface area contributed by atoms with E-state index < -0.39 is 36.5 Å². The zero-order chi connectivity index (χ0) is 15.8. The van der Waals surface area contributed by atoms with Crippen molar-refractivity contribution >= 4 is 17.8 Å². The van der Waals surface area contributed by atoms with E-state index in [1.165, 1.54) is 0 Å². The summed E-state index contributed by atoms with van der Waals surface area (Å²) < 4.78 is 35.8. The lowest BCUT2D eigenvalue weighted by molar-refractivity contribution is -0.155. The van der Waals surface area contributed by atoms with Crippen molar-refractivity contribution in [2.75, 3.05) is 6.54 Å². The van der Waals surface area contributed by atoms with Crippen LogP contribution < -0.4 is 10.9 Å². The van der Waals surface area contributed by atoms with E-state index in [0.29, 0.717) is 11.5 Å². The van der Waals surface area contributed by atoms with E-state index in [4.69, 9.17) is 0 Å². The molecule has 0 radical (unpaired) electrons. The van der Waals surface area contributed by atoms with Crippen molar-refractivity contribution in [1.29, 1.82) is 0 Å². The Bertz CT molecular complexity index is 470. The molecule has 0 aromatic carbocycles. The van der Waals surface area contributed by atoms with Gasteiger partial charge in [-0.2, -0.15) is 13.2 Å². The highest BCUT2D eigenvalue weighted by Gasteiger charge is 2.46. The second kappa shape index (κ2) is 5.39. The molecule has 0 aromatic rings. The predicted octanol–water partition coefficient (Wildman–Crippen LogP) is -0.256. The molecule has 2 fully saturated rings. The number of urea groups is 1. The van der Waals surface area contributed by atoms with E-state index in [1.807, 2.05) is 5.43 Å². The highest BCUT2D eigenvalue weighted by atomic mass is 19.4. The molecule has 2 aliphatic heterocycles. The molecule has 0 spiro atoms. The third-order valence-corrected chi connectivity index (χ3v) is 3.33. The average molecular weight is 310 g/mol. The predicted molar refractivity (Wildman–Crippen MR) is 59.5 cm³/mol. The minimum absolute atomic E-state index is 0.157. The molecule has 0 saturated carbocycles. The summed E-state index contributed by atoms with van der Waals surface area (Å²) in [5.41, 5.74) is 3.51. The van der Waals surface area contributed by atoms with Crippen LogP contribution in [0.5, 0.6) is 0 Å². The number of carbonyl (C=O) groups is 3. The van der Waals surface area contributed by atoms with Crippen molar-refractivity contribution in [1.82, 2.24) is 20.8 Å². The van der Waals surface area contributed by atoms with E-state index in [2.05, 4.69) is 0 Å². The minimum Gasteiger partial charge on any atom is -0.309 e. The monoisotopic (exact) mass is 310 g/mol. The van der Waals surface area contributed by atoms with Crippen molar-refractivity contribution in [3.8, 4) is 0 Å². The van der Waals surface area contributed by atoms with E-state index in [9.17, 15) is 32.8 Å². The Hall–Kier alpha value is -2.04. The van der Waals surface area contributed by atoms with Gasteiger partial charge in [0.25, 0.3) is 5.91 Å². The zero-order valence-corrected chi connectivity index (χ0v) is 10.7. The van der Waals surface area contributed by atoms with Crippen LogP contribution in [-0.2, 0) is 9.59 Å². The number of rotatable bonds is 2. The number of carbonyl (C=O) groups excluding carboxylic acids is 3. The molecule has 2 rings (SSSR count). The second-order valence-electron chi connectivity index (χ2n) is 4.86. The van der Waals surface area contributed by atoms with Gasteiger partial charge in [-0.25, -0.2) is 9.86 Å². The third kappa shape index (κ3) is 3.35. The quantitative estimate of drug-likeness (QED) is 0.483. The molecule has 8 nitrogen and oxygen atoms in total. The van der Waals surface area contributed by atoms with E-state index in [1.54, 1.807) is 5.43 Å². The van der Waals surface area contributed by atoms with Gasteiger partial charge in [-0.05, 0) is 12.8 Å². The normalized spacial score (nSPS) is 25.0. The van der Waals surface area contributed by atoms with Gasteiger partial charge >= 0.3 is 12.2 Å². The number of fused-ring (bicyclic) bond motifs is 2. The van der Waals surface area contributed by atoms with Crippen molar-refractivity contribution in [3.05, 3.63) is 0 Å². The Morgan fingerprint density at radius 1 is 1.29 bits per heavy atom. The van der Waals surface area contributed by atoms with Crippen molar-refractivity contribution < 1.29 is 32.8 Å². The molecule has 21 heavy (non-hydrogen) atoms. The lowest BCUT2D eigenvalue weighted by Gasteiger charge is -2.29. The van der Waals surface area contributed by atoms with Crippen LogP contribution in [0.1, 0.15) is 19.3 Å². The van der Waals surface area contributed by atoms with Crippen LogP contribution in [0.15, 0.2) is 0 Å².